The first kappa shape index (κ1) is 9.06. The number of anilines is 1. The first-order chi connectivity index (χ1) is 5.68. The summed E-state index contributed by atoms with van der Waals surface area (Å²) in [6, 6.07) is 3.28. The van der Waals surface area contributed by atoms with Crippen molar-refractivity contribution in [1.82, 2.24) is 4.98 Å². The predicted octanol–water partition coefficient (Wildman–Crippen LogP) is 0.830. The lowest BCUT2D eigenvalue weighted by atomic mass is 10.3. The first-order valence-corrected chi connectivity index (χ1v) is 4.31. The number of pyridine rings is 1. The van der Waals surface area contributed by atoms with Crippen LogP contribution in [0.2, 0.25) is 0 Å². The molecular weight excluding hydrogens is 179 g/mol. The SMILES string of the molecule is Nc1ccc(CO[P+](=O)O)cn1. The second-order valence-corrected chi connectivity index (χ2v) is 2.84. The van der Waals surface area contributed by atoms with Gasteiger partial charge in [0.25, 0.3) is 0 Å². The van der Waals surface area contributed by atoms with E-state index in [1.54, 1.807) is 12.1 Å². The highest BCUT2D eigenvalue weighted by atomic mass is 31.1. The Kier molecular flexibility index (Phi) is 3.10. The molecule has 1 atom stereocenters. The molecule has 0 fully saturated rings. The van der Waals surface area contributed by atoms with Crippen LogP contribution in [0, 0.1) is 0 Å². The zero-order valence-electron chi connectivity index (χ0n) is 6.17. The van der Waals surface area contributed by atoms with Gasteiger partial charge < -0.3 is 5.73 Å². The van der Waals surface area contributed by atoms with E-state index in [1.807, 2.05) is 0 Å². The fraction of sp³-hybridized carbons (Fsp3) is 0.167. The molecule has 0 saturated carbocycles. The molecule has 0 aromatic carbocycles. The fourth-order valence-electron chi connectivity index (χ4n) is 0.651. The Morgan fingerprint density at radius 1 is 1.67 bits per heavy atom. The molecule has 0 spiro atoms. The normalized spacial score (nSPS) is 11.2. The van der Waals surface area contributed by atoms with E-state index in [1.165, 1.54) is 6.20 Å². The molecule has 1 aromatic heterocycles. The van der Waals surface area contributed by atoms with E-state index in [0.29, 0.717) is 11.4 Å². The fourth-order valence-corrected chi connectivity index (χ4v) is 0.911. The highest BCUT2D eigenvalue weighted by molar-refractivity contribution is 7.32. The minimum atomic E-state index is -2.54. The van der Waals surface area contributed by atoms with Crippen molar-refractivity contribution in [2.24, 2.45) is 0 Å². The summed E-state index contributed by atoms with van der Waals surface area (Å²) in [5.74, 6) is 0.409. The highest BCUT2D eigenvalue weighted by Gasteiger charge is 2.11. The second-order valence-electron chi connectivity index (χ2n) is 2.10. The van der Waals surface area contributed by atoms with Gasteiger partial charge in [0.1, 0.15) is 12.4 Å². The summed E-state index contributed by atoms with van der Waals surface area (Å²) in [5.41, 5.74) is 6.03. The minimum absolute atomic E-state index is 0.0684. The third-order valence-corrected chi connectivity index (χ3v) is 1.54. The van der Waals surface area contributed by atoms with Gasteiger partial charge in [-0.05, 0) is 6.07 Å². The molecule has 0 amide bonds. The zero-order valence-corrected chi connectivity index (χ0v) is 7.07. The van der Waals surface area contributed by atoms with Crippen LogP contribution in [0.15, 0.2) is 18.3 Å². The summed E-state index contributed by atoms with van der Waals surface area (Å²) < 4.78 is 14.6. The number of rotatable bonds is 3. The van der Waals surface area contributed by atoms with Gasteiger partial charge in [0.15, 0.2) is 0 Å². The number of nitrogen functional groups attached to an aromatic ring is 1. The largest absolute Gasteiger partial charge is 0.695 e. The average molecular weight is 187 g/mol. The minimum Gasteiger partial charge on any atom is -0.384 e. The summed E-state index contributed by atoms with van der Waals surface area (Å²) in [6.07, 6.45) is 1.49. The number of nitrogens with two attached hydrogens (primary N) is 1. The third-order valence-electron chi connectivity index (χ3n) is 1.19. The van der Waals surface area contributed by atoms with Gasteiger partial charge in [-0.15, -0.1) is 9.42 Å². The van der Waals surface area contributed by atoms with Crippen LogP contribution in [0.1, 0.15) is 5.56 Å². The Morgan fingerprint density at radius 3 is 2.92 bits per heavy atom. The van der Waals surface area contributed by atoms with Gasteiger partial charge in [0.05, 0.1) is 0 Å². The molecule has 1 aromatic rings. The summed E-state index contributed by atoms with van der Waals surface area (Å²) in [5, 5.41) is 0. The summed E-state index contributed by atoms with van der Waals surface area (Å²) >= 11 is 0. The van der Waals surface area contributed by atoms with Crippen LogP contribution < -0.4 is 5.73 Å². The molecule has 0 aliphatic rings. The molecule has 5 nitrogen and oxygen atoms in total. The van der Waals surface area contributed by atoms with E-state index in [-0.39, 0.29) is 6.61 Å². The van der Waals surface area contributed by atoms with Gasteiger partial charge in [-0.1, -0.05) is 6.07 Å². The van der Waals surface area contributed by atoms with Crippen molar-refractivity contribution in [2.45, 2.75) is 6.61 Å². The highest BCUT2D eigenvalue weighted by Crippen LogP contribution is 2.17. The zero-order chi connectivity index (χ0) is 8.97. The lowest BCUT2D eigenvalue weighted by molar-refractivity contribution is 0.272. The van der Waals surface area contributed by atoms with Gasteiger partial charge in [-0.3, -0.25) is 0 Å². The Hall–Kier alpha value is -1.03. The molecule has 0 aliphatic carbocycles. The van der Waals surface area contributed by atoms with Crippen molar-refractivity contribution in [1.29, 1.82) is 0 Å². The van der Waals surface area contributed by atoms with Crippen LogP contribution in [0.5, 0.6) is 0 Å². The lowest BCUT2D eigenvalue weighted by Gasteiger charge is -1.94. The van der Waals surface area contributed by atoms with Gasteiger partial charge in [0.2, 0.25) is 0 Å². The van der Waals surface area contributed by atoms with Gasteiger partial charge in [-0.2, -0.15) is 0 Å². The van der Waals surface area contributed by atoms with Crippen LogP contribution >= 0.6 is 8.25 Å². The van der Waals surface area contributed by atoms with Crippen molar-refractivity contribution in [2.75, 3.05) is 5.73 Å². The molecule has 64 valence electrons. The van der Waals surface area contributed by atoms with Gasteiger partial charge >= 0.3 is 8.25 Å². The van der Waals surface area contributed by atoms with Crippen molar-refractivity contribution < 1.29 is 14.0 Å². The van der Waals surface area contributed by atoms with E-state index in [2.05, 4.69) is 9.51 Å². The van der Waals surface area contributed by atoms with Gasteiger partial charge in [0, 0.05) is 16.3 Å². The summed E-state index contributed by atoms with van der Waals surface area (Å²) in [6.45, 7) is 0.0684. The van der Waals surface area contributed by atoms with Crippen LogP contribution in [0.3, 0.4) is 0 Å². The van der Waals surface area contributed by atoms with Crippen molar-refractivity contribution in [3.05, 3.63) is 23.9 Å². The molecule has 6 heteroatoms. The molecule has 0 bridgehead atoms. The third kappa shape index (κ3) is 2.92. The number of hydrogen-bond acceptors (Lipinski definition) is 4. The van der Waals surface area contributed by atoms with Crippen LogP contribution in [-0.4, -0.2) is 9.88 Å². The monoisotopic (exact) mass is 187 g/mol. The molecule has 1 rings (SSSR count). The maximum atomic E-state index is 10.1. The smallest absolute Gasteiger partial charge is 0.384 e. The predicted molar refractivity (Wildman–Crippen MR) is 43.3 cm³/mol. The van der Waals surface area contributed by atoms with E-state index in [9.17, 15) is 4.57 Å². The Bertz CT molecular complexity index is 275. The van der Waals surface area contributed by atoms with E-state index < -0.39 is 8.25 Å². The number of aromatic nitrogens is 1. The summed E-state index contributed by atoms with van der Waals surface area (Å²) in [7, 11) is -2.54. The molecular formula is C6H8N2O3P+. The van der Waals surface area contributed by atoms with Crippen LogP contribution in [0.25, 0.3) is 0 Å². The Morgan fingerprint density at radius 2 is 2.42 bits per heavy atom. The quantitative estimate of drug-likeness (QED) is 0.684. The first-order valence-electron chi connectivity index (χ1n) is 3.18. The average Bonchev–Trinajstić information content (AvgIpc) is 2.03. The topological polar surface area (TPSA) is 85.4 Å². The number of nitrogens with zero attached hydrogens (tertiary/aromatic N) is 1. The molecule has 1 unspecified atom stereocenters. The second kappa shape index (κ2) is 4.11. The van der Waals surface area contributed by atoms with Crippen LogP contribution in [-0.2, 0) is 15.7 Å². The number of hydrogen-bond donors (Lipinski definition) is 2. The van der Waals surface area contributed by atoms with E-state index in [0.717, 1.165) is 0 Å². The summed E-state index contributed by atoms with van der Waals surface area (Å²) in [4.78, 5) is 12.1. The maximum Gasteiger partial charge on any atom is 0.695 e. The van der Waals surface area contributed by atoms with Crippen molar-refractivity contribution >= 4 is 14.1 Å². The molecule has 0 radical (unpaired) electrons. The molecule has 3 N–H and O–H groups in total. The van der Waals surface area contributed by atoms with E-state index >= 15 is 0 Å². The molecule has 1 heterocycles. The van der Waals surface area contributed by atoms with Crippen molar-refractivity contribution in [3.8, 4) is 0 Å². The molecule has 12 heavy (non-hydrogen) atoms. The standard InChI is InChI=1S/C6H7N2O3P/c7-6-2-1-5(3-8-6)4-11-12(9)10/h1-3H,4H2,(H2-,7,8,9,10)/p+1. The Balaban J connectivity index is 2.53. The van der Waals surface area contributed by atoms with Crippen molar-refractivity contribution in [3.63, 3.8) is 0 Å². The maximum absolute atomic E-state index is 10.1. The molecule has 0 aliphatic heterocycles. The van der Waals surface area contributed by atoms with E-state index in [4.69, 9.17) is 10.6 Å². The van der Waals surface area contributed by atoms with Crippen LogP contribution in [0.4, 0.5) is 5.82 Å². The van der Waals surface area contributed by atoms with Gasteiger partial charge in [-0.25, -0.2) is 4.98 Å². The molecule has 0 saturated heterocycles. The lowest BCUT2D eigenvalue weighted by Crippen LogP contribution is -1.91. The Labute approximate surface area is 70.1 Å².